The monoisotopic (exact) mass is 348 g/mol. The number of carbonyl (C=O) groups is 2. The molecule has 1 aromatic heterocycles. The molecular weight excluding hydrogens is 328 g/mol. The maximum atomic E-state index is 12.4. The molecule has 6 nitrogen and oxygen atoms in total. The number of carbonyl (C=O) groups excluding carboxylic acids is 2. The number of nitriles is 1. The summed E-state index contributed by atoms with van der Waals surface area (Å²) >= 11 is 0. The molecule has 0 aliphatic heterocycles. The van der Waals surface area contributed by atoms with Crippen molar-refractivity contribution in [1.29, 1.82) is 5.26 Å². The molecule has 0 spiro atoms. The molecule has 132 valence electrons. The highest BCUT2D eigenvalue weighted by molar-refractivity contribution is 6.04. The van der Waals surface area contributed by atoms with Gasteiger partial charge in [0, 0.05) is 6.04 Å². The van der Waals surface area contributed by atoms with E-state index < -0.39 is 5.91 Å². The summed E-state index contributed by atoms with van der Waals surface area (Å²) in [6.07, 6.45) is 5.43. The highest BCUT2D eigenvalue weighted by Gasteiger charge is 2.18. The van der Waals surface area contributed by atoms with Crippen molar-refractivity contribution >= 4 is 17.5 Å². The van der Waals surface area contributed by atoms with Crippen molar-refractivity contribution in [3.8, 4) is 6.07 Å². The molecule has 0 atom stereocenters. The van der Waals surface area contributed by atoms with Crippen LogP contribution in [0.2, 0.25) is 0 Å². The van der Waals surface area contributed by atoms with Crippen LogP contribution in [-0.2, 0) is 0 Å². The topological polar surface area (TPSA) is 94.9 Å². The van der Waals surface area contributed by atoms with Gasteiger partial charge in [0.2, 0.25) is 0 Å². The van der Waals surface area contributed by atoms with Crippen molar-refractivity contribution in [2.45, 2.75) is 38.1 Å². The van der Waals surface area contributed by atoms with Crippen LogP contribution in [0.4, 0.5) is 5.69 Å². The second-order valence-corrected chi connectivity index (χ2v) is 6.33. The number of hydrogen-bond acceptors (Lipinski definition) is 4. The molecule has 1 fully saturated rings. The lowest BCUT2D eigenvalue weighted by Crippen LogP contribution is -2.36. The van der Waals surface area contributed by atoms with E-state index in [4.69, 9.17) is 5.26 Å². The van der Waals surface area contributed by atoms with Gasteiger partial charge in [-0.05, 0) is 37.1 Å². The van der Waals surface area contributed by atoms with E-state index in [1.54, 1.807) is 42.5 Å². The maximum absolute atomic E-state index is 12.4. The Morgan fingerprint density at radius 2 is 1.65 bits per heavy atom. The normalized spacial score (nSPS) is 14.3. The number of amides is 2. The molecule has 26 heavy (non-hydrogen) atoms. The Kier molecular flexibility index (Phi) is 5.59. The number of nitrogens with zero attached hydrogens (tertiary/aromatic N) is 2. The lowest BCUT2D eigenvalue weighted by molar-refractivity contribution is 0.0922. The average molecular weight is 348 g/mol. The molecule has 0 saturated heterocycles. The molecule has 1 aromatic carbocycles. The molecule has 0 radical (unpaired) electrons. The standard InChI is InChI=1S/C20H20N4O2/c21-13-14-7-4-5-10-16(14)24-20(26)18-12-6-11-17(23-18)19(25)22-15-8-2-1-3-9-15/h4-7,10-12,15H,1-3,8-9H2,(H,22,25)(H,24,26). The van der Waals surface area contributed by atoms with Crippen molar-refractivity contribution < 1.29 is 9.59 Å². The van der Waals surface area contributed by atoms with Crippen LogP contribution in [0.5, 0.6) is 0 Å². The summed E-state index contributed by atoms with van der Waals surface area (Å²) < 4.78 is 0. The smallest absolute Gasteiger partial charge is 0.274 e. The van der Waals surface area contributed by atoms with Crippen LogP contribution in [0.1, 0.15) is 58.6 Å². The third-order valence-corrected chi connectivity index (χ3v) is 4.45. The number of pyridine rings is 1. The predicted octanol–water partition coefficient (Wildman–Crippen LogP) is 3.27. The number of nitrogens with one attached hydrogen (secondary N) is 2. The van der Waals surface area contributed by atoms with Crippen LogP contribution in [0.25, 0.3) is 0 Å². The lowest BCUT2D eigenvalue weighted by Gasteiger charge is -2.22. The highest BCUT2D eigenvalue weighted by atomic mass is 16.2. The molecule has 6 heteroatoms. The van der Waals surface area contributed by atoms with Gasteiger partial charge in [0.25, 0.3) is 11.8 Å². The van der Waals surface area contributed by atoms with Crippen LogP contribution in [0.3, 0.4) is 0 Å². The van der Waals surface area contributed by atoms with Crippen molar-refractivity contribution in [2.24, 2.45) is 0 Å². The Morgan fingerprint density at radius 3 is 2.38 bits per heavy atom. The van der Waals surface area contributed by atoms with E-state index in [0.29, 0.717) is 11.3 Å². The Balaban J connectivity index is 1.71. The first kappa shape index (κ1) is 17.6. The van der Waals surface area contributed by atoms with Gasteiger partial charge in [-0.15, -0.1) is 0 Å². The van der Waals surface area contributed by atoms with Crippen molar-refractivity contribution in [3.63, 3.8) is 0 Å². The summed E-state index contributed by atoms with van der Waals surface area (Å²) in [5, 5.41) is 14.8. The van der Waals surface area contributed by atoms with E-state index in [1.807, 2.05) is 6.07 Å². The molecule has 1 saturated carbocycles. The van der Waals surface area contributed by atoms with Gasteiger partial charge in [0.05, 0.1) is 11.3 Å². The fourth-order valence-corrected chi connectivity index (χ4v) is 3.07. The van der Waals surface area contributed by atoms with Crippen LogP contribution in [0, 0.1) is 11.3 Å². The molecule has 2 N–H and O–H groups in total. The highest BCUT2D eigenvalue weighted by Crippen LogP contribution is 2.18. The third-order valence-electron chi connectivity index (χ3n) is 4.45. The van der Waals surface area contributed by atoms with Gasteiger partial charge in [-0.1, -0.05) is 37.5 Å². The summed E-state index contributed by atoms with van der Waals surface area (Å²) in [7, 11) is 0. The molecule has 1 heterocycles. The molecule has 3 rings (SSSR count). The molecule has 0 bridgehead atoms. The SMILES string of the molecule is N#Cc1ccccc1NC(=O)c1cccc(C(=O)NC2CCCCC2)n1. The van der Waals surface area contributed by atoms with Crippen molar-refractivity contribution in [2.75, 3.05) is 5.32 Å². The molecule has 0 unspecified atom stereocenters. The summed E-state index contributed by atoms with van der Waals surface area (Å²) in [4.78, 5) is 29.0. The fraction of sp³-hybridized carbons (Fsp3) is 0.300. The molecule has 1 aliphatic carbocycles. The Hall–Kier alpha value is -3.20. The van der Waals surface area contributed by atoms with E-state index in [-0.39, 0.29) is 23.3 Å². The van der Waals surface area contributed by atoms with Crippen LogP contribution < -0.4 is 10.6 Å². The quantitative estimate of drug-likeness (QED) is 0.886. The summed E-state index contributed by atoms with van der Waals surface area (Å²) in [6.45, 7) is 0. The molecule has 2 aromatic rings. The average Bonchev–Trinajstić information content (AvgIpc) is 2.69. The number of hydrogen-bond donors (Lipinski definition) is 2. The minimum Gasteiger partial charge on any atom is -0.348 e. The van der Waals surface area contributed by atoms with Crippen molar-refractivity contribution in [3.05, 3.63) is 59.4 Å². The van der Waals surface area contributed by atoms with E-state index >= 15 is 0 Å². The number of rotatable bonds is 4. The Bertz CT molecular complexity index is 851. The zero-order valence-electron chi connectivity index (χ0n) is 14.4. The van der Waals surface area contributed by atoms with E-state index in [1.165, 1.54) is 6.42 Å². The van der Waals surface area contributed by atoms with Gasteiger partial charge in [0.15, 0.2) is 0 Å². The molecule has 2 amide bonds. The van der Waals surface area contributed by atoms with E-state index in [9.17, 15) is 9.59 Å². The van der Waals surface area contributed by atoms with Gasteiger partial charge in [-0.2, -0.15) is 5.26 Å². The number of anilines is 1. The molecule has 1 aliphatic rings. The predicted molar refractivity (Wildman–Crippen MR) is 97.7 cm³/mol. The van der Waals surface area contributed by atoms with Crippen LogP contribution in [0.15, 0.2) is 42.5 Å². The van der Waals surface area contributed by atoms with Gasteiger partial charge in [-0.25, -0.2) is 4.98 Å². The first-order valence-corrected chi connectivity index (χ1v) is 8.76. The van der Waals surface area contributed by atoms with E-state index in [0.717, 1.165) is 25.7 Å². The largest absolute Gasteiger partial charge is 0.348 e. The Morgan fingerprint density at radius 1 is 0.962 bits per heavy atom. The van der Waals surface area contributed by atoms with Crippen LogP contribution >= 0.6 is 0 Å². The maximum Gasteiger partial charge on any atom is 0.274 e. The van der Waals surface area contributed by atoms with Gasteiger partial charge < -0.3 is 10.6 Å². The summed E-state index contributed by atoms with van der Waals surface area (Å²) in [6, 6.07) is 13.7. The van der Waals surface area contributed by atoms with Gasteiger partial charge in [-0.3, -0.25) is 9.59 Å². The zero-order chi connectivity index (χ0) is 18.4. The second-order valence-electron chi connectivity index (χ2n) is 6.33. The summed E-state index contributed by atoms with van der Waals surface area (Å²) in [5.74, 6) is -0.719. The van der Waals surface area contributed by atoms with Gasteiger partial charge >= 0.3 is 0 Å². The van der Waals surface area contributed by atoms with Gasteiger partial charge in [0.1, 0.15) is 17.5 Å². The minimum absolute atomic E-state index is 0.133. The number of aromatic nitrogens is 1. The van der Waals surface area contributed by atoms with E-state index in [2.05, 4.69) is 15.6 Å². The number of para-hydroxylation sites is 1. The zero-order valence-corrected chi connectivity index (χ0v) is 14.4. The third kappa shape index (κ3) is 4.25. The Labute approximate surface area is 152 Å². The first-order valence-electron chi connectivity index (χ1n) is 8.76. The van der Waals surface area contributed by atoms with Crippen molar-refractivity contribution in [1.82, 2.24) is 10.3 Å². The summed E-state index contributed by atoms with van der Waals surface area (Å²) in [5.41, 5.74) is 1.14. The molecular formula is C20H20N4O2. The first-order chi connectivity index (χ1) is 12.7. The minimum atomic E-state index is -0.458. The number of benzene rings is 1. The fourth-order valence-electron chi connectivity index (χ4n) is 3.07. The van der Waals surface area contributed by atoms with Crippen LogP contribution in [-0.4, -0.2) is 22.8 Å². The lowest BCUT2D eigenvalue weighted by atomic mass is 9.95. The second kappa shape index (κ2) is 8.26.